The van der Waals surface area contributed by atoms with Gasteiger partial charge in [0.15, 0.2) is 0 Å². The first-order chi connectivity index (χ1) is 9.40. The summed E-state index contributed by atoms with van der Waals surface area (Å²) in [4.78, 5) is 24.6. The molecule has 1 aromatic rings. The molecule has 0 radical (unpaired) electrons. The highest BCUT2D eigenvalue weighted by Crippen LogP contribution is 2.26. The van der Waals surface area contributed by atoms with E-state index in [1.54, 1.807) is 6.07 Å². The molecule has 7 heteroatoms. The Labute approximate surface area is 123 Å². The van der Waals surface area contributed by atoms with Crippen LogP contribution in [0.15, 0.2) is 22.7 Å². The van der Waals surface area contributed by atoms with E-state index in [1.807, 2.05) is 19.1 Å². The van der Waals surface area contributed by atoms with Gasteiger partial charge in [-0.25, -0.2) is 0 Å². The molecule has 20 heavy (non-hydrogen) atoms. The van der Waals surface area contributed by atoms with Crippen molar-refractivity contribution in [2.75, 3.05) is 11.4 Å². The Balaban J connectivity index is 2.11. The fourth-order valence-electron chi connectivity index (χ4n) is 2.10. The van der Waals surface area contributed by atoms with Crippen molar-refractivity contribution in [3.05, 3.63) is 28.2 Å². The van der Waals surface area contributed by atoms with Gasteiger partial charge in [0.2, 0.25) is 5.91 Å². The minimum absolute atomic E-state index is 0.326. The van der Waals surface area contributed by atoms with E-state index in [4.69, 9.17) is 0 Å². The molecule has 0 saturated carbocycles. The van der Waals surface area contributed by atoms with Gasteiger partial charge in [0.05, 0.1) is 0 Å². The Morgan fingerprint density at radius 1 is 1.50 bits per heavy atom. The zero-order valence-corrected chi connectivity index (χ0v) is 12.3. The summed E-state index contributed by atoms with van der Waals surface area (Å²) in [6, 6.07) is 4.55. The van der Waals surface area contributed by atoms with E-state index in [0.717, 1.165) is 10.0 Å². The summed E-state index contributed by atoms with van der Waals surface area (Å²) >= 11 is 3.37. The first-order valence-corrected chi connectivity index (χ1v) is 6.85. The molecule has 1 aromatic carbocycles. The van der Waals surface area contributed by atoms with Crippen LogP contribution in [0.25, 0.3) is 0 Å². The zero-order chi connectivity index (χ0) is 14.9. The second kappa shape index (κ2) is 5.87. The van der Waals surface area contributed by atoms with Crippen molar-refractivity contribution in [3.63, 3.8) is 0 Å². The van der Waals surface area contributed by atoms with Gasteiger partial charge in [-0.05, 0) is 37.1 Å². The average molecular weight is 347 g/mol. The number of carbonyl (C=O) groups excluding carboxylic acids is 2. The second-order valence-corrected chi connectivity index (χ2v) is 5.43. The van der Waals surface area contributed by atoms with Gasteiger partial charge >= 0.3 is 6.43 Å². The number of nitrogens with one attached hydrogen (secondary N) is 1. The Morgan fingerprint density at radius 2 is 2.20 bits per heavy atom. The van der Waals surface area contributed by atoms with Crippen molar-refractivity contribution < 1.29 is 18.4 Å². The number of halogens is 3. The molecule has 1 saturated heterocycles. The summed E-state index contributed by atoms with van der Waals surface area (Å²) in [5.41, 5.74) is 1.67. The summed E-state index contributed by atoms with van der Waals surface area (Å²) in [6.45, 7) is 2.29. The number of carbonyl (C=O) groups is 2. The SMILES string of the molecule is Cc1cc(N2CC[C@@H](NC(=O)C(F)F)C2=O)ccc1Br. The van der Waals surface area contributed by atoms with Crippen molar-refractivity contribution in [1.29, 1.82) is 0 Å². The first-order valence-electron chi connectivity index (χ1n) is 6.06. The van der Waals surface area contributed by atoms with Crippen molar-refractivity contribution in [3.8, 4) is 0 Å². The molecule has 1 N–H and O–H groups in total. The summed E-state index contributed by atoms with van der Waals surface area (Å²) < 4.78 is 25.3. The van der Waals surface area contributed by atoms with Gasteiger partial charge in [-0.2, -0.15) is 8.78 Å². The normalized spacial score (nSPS) is 18.8. The van der Waals surface area contributed by atoms with Crippen molar-refractivity contribution in [2.24, 2.45) is 0 Å². The van der Waals surface area contributed by atoms with E-state index in [9.17, 15) is 18.4 Å². The van der Waals surface area contributed by atoms with E-state index >= 15 is 0 Å². The van der Waals surface area contributed by atoms with Crippen LogP contribution >= 0.6 is 15.9 Å². The van der Waals surface area contributed by atoms with Gasteiger partial charge in [-0.1, -0.05) is 15.9 Å². The van der Waals surface area contributed by atoms with Crippen LogP contribution in [0.2, 0.25) is 0 Å². The molecule has 1 aliphatic rings. The lowest BCUT2D eigenvalue weighted by Gasteiger charge is -2.18. The van der Waals surface area contributed by atoms with Gasteiger partial charge in [0.25, 0.3) is 5.91 Å². The van der Waals surface area contributed by atoms with E-state index in [-0.39, 0.29) is 5.91 Å². The molecular weight excluding hydrogens is 334 g/mol. The zero-order valence-electron chi connectivity index (χ0n) is 10.7. The number of rotatable bonds is 3. The highest BCUT2D eigenvalue weighted by Gasteiger charge is 2.35. The molecule has 0 unspecified atom stereocenters. The van der Waals surface area contributed by atoms with Crippen LogP contribution < -0.4 is 10.2 Å². The molecule has 0 aliphatic carbocycles. The number of nitrogens with zero attached hydrogens (tertiary/aromatic N) is 1. The third-order valence-electron chi connectivity index (χ3n) is 3.17. The fourth-order valence-corrected chi connectivity index (χ4v) is 2.35. The lowest BCUT2D eigenvalue weighted by Crippen LogP contribution is -2.43. The molecule has 0 spiro atoms. The van der Waals surface area contributed by atoms with Gasteiger partial charge in [0, 0.05) is 16.7 Å². The van der Waals surface area contributed by atoms with Gasteiger partial charge in [0.1, 0.15) is 6.04 Å². The van der Waals surface area contributed by atoms with Crippen LogP contribution in [0.5, 0.6) is 0 Å². The van der Waals surface area contributed by atoms with Crippen LogP contribution in [0.1, 0.15) is 12.0 Å². The van der Waals surface area contributed by atoms with E-state index in [1.165, 1.54) is 4.90 Å². The lowest BCUT2D eigenvalue weighted by atomic mass is 10.2. The van der Waals surface area contributed by atoms with Crippen molar-refractivity contribution in [2.45, 2.75) is 25.8 Å². The van der Waals surface area contributed by atoms with Crippen molar-refractivity contribution in [1.82, 2.24) is 5.32 Å². The molecule has 1 heterocycles. The van der Waals surface area contributed by atoms with Gasteiger partial charge < -0.3 is 10.2 Å². The number of anilines is 1. The van der Waals surface area contributed by atoms with Crippen LogP contribution in [0.4, 0.5) is 14.5 Å². The molecule has 108 valence electrons. The highest BCUT2D eigenvalue weighted by atomic mass is 79.9. The van der Waals surface area contributed by atoms with Crippen LogP contribution in [-0.2, 0) is 9.59 Å². The maximum absolute atomic E-state index is 12.2. The summed E-state index contributed by atoms with van der Waals surface area (Å²) in [5, 5.41) is 2.06. The summed E-state index contributed by atoms with van der Waals surface area (Å²) in [6.07, 6.45) is -2.78. The molecule has 1 atom stereocenters. The Bertz CT molecular complexity index is 551. The Morgan fingerprint density at radius 3 is 2.80 bits per heavy atom. The van der Waals surface area contributed by atoms with E-state index < -0.39 is 18.4 Å². The Kier molecular flexibility index (Phi) is 4.37. The second-order valence-electron chi connectivity index (χ2n) is 4.57. The minimum Gasteiger partial charge on any atom is -0.339 e. The minimum atomic E-state index is -3.10. The third-order valence-corrected chi connectivity index (χ3v) is 4.06. The maximum atomic E-state index is 12.2. The number of benzene rings is 1. The fraction of sp³-hybridized carbons (Fsp3) is 0.385. The standard InChI is InChI=1S/C13H13BrF2N2O2/c1-7-6-8(2-3-9(7)14)18-5-4-10(13(18)20)17-12(19)11(15)16/h2-3,6,10-11H,4-5H2,1H3,(H,17,19)/t10-/m1/s1. The topological polar surface area (TPSA) is 49.4 Å². The third kappa shape index (κ3) is 2.98. The number of aryl methyl sites for hydroxylation is 1. The number of hydrogen-bond acceptors (Lipinski definition) is 2. The quantitative estimate of drug-likeness (QED) is 0.912. The smallest absolute Gasteiger partial charge is 0.315 e. The molecule has 1 fully saturated rings. The predicted octanol–water partition coefficient (Wildman–Crippen LogP) is 2.24. The van der Waals surface area contributed by atoms with Crippen LogP contribution in [0.3, 0.4) is 0 Å². The molecule has 2 amide bonds. The van der Waals surface area contributed by atoms with Gasteiger partial charge in [-0.15, -0.1) is 0 Å². The Hall–Kier alpha value is -1.50. The molecule has 0 aromatic heterocycles. The summed E-state index contributed by atoms with van der Waals surface area (Å²) in [7, 11) is 0. The van der Waals surface area contributed by atoms with Crippen LogP contribution in [0, 0.1) is 6.92 Å². The summed E-state index contributed by atoms with van der Waals surface area (Å²) in [5.74, 6) is -1.77. The average Bonchev–Trinajstić information content (AvgIpc) is 2.74. The van der Waals surface area contributed by atoms with E-state index in [0.29, 0.717) is 18.7 Å². The molecule has 4 nitrogen and oxygen atoms in total. The molecular formula is C13H13BrF2N2O2. The number of alkyl halides is 2. The largest absolute Gasteiger partial charge is 0.339 e. The number of amides is 2. The van der Waals surface area contributed by atoms with Gasteiger partial charge in [-0.3, -0.25) is 9.59 Å². The first kappa shape index (κ1) is 14.9. The van der Waals surface area contributed by atoms with Crippen molar-refractivity contribution >= 4 is 33.4 Å². The molecule has 1 aliphatic heterocycles. The molecule has 0 bridgehead atoms. The monoisotopic (exact) mass is 346 g/mol. The maximum Gasteiger partial charge on any atom is 0.315 e. The van der Waals surface area contributed by atoms with E-state index in [2.05, 4.69) is 21.2 Å². The lowest BCUT2D eigenvalue weighted by molar-refractivity contribution is -0.134. The predicted molar refractivity (Wildman–Crippen MR) is 73.8 cm³/mol. The molecule has 2 rings (SSSR count). The number of hydrogen-bond donors (Lipinski definition) is 1. The van der Waals surface area contributed by atoms with Crippen LogP contribution in [-0.4, -0.2) is 30.8 Å². The highest BCUT2D eigenvalue weighted by molar-refractivity contribution is 9.10.